The minimum Gasteiger partial charge on any atom is -0.434 e. The maximum atomic E-state index is 12.4. The molecule has 7 heteroatoms. The lowest BCUT2D eigenvalue weighted by atomic mass is 9.59. The predicted molar refractivity (Wildman–Crippen MR) is 120 cm³/mol. The van der Waals surface area contributed by atoms with Gasteiger partial charge in [0.15, 0.2) is 5.58 Å². The fourth-order valence-electron chi connectivity index (χ4n) is 4.94. The molecule has 2 aromatic heterocycles. The number of nitrogens with one attached hydrogen (secondary N) is 1. The van der Waals surface area contributed by atoms with Crippen LogP contribution in [-0.2, 0) is 9.53 Å². The Labute approximate surface area is 186 Å². The Morgan fingerprint density at radius 2 is 1.97 bits per heavy atom. The first-order valence-corrected chi connectivity index (χ1v) is 11.1. The van der Waals surface area contributed by atoms with E-state index < -0.39 is 0 Å². The summed E-state index contributed by atoms with van der Waals surface area (Å²) in [6.07, 6.45) is 8.29. The second-order valence-electron chi connectivity index (χ2n) is 9.53. The Bertz CT molecular complexity index is 1200. The van der Waals surface area contributed by atoms with Gasteiger partial charge in [-0.25, -0.2) is 9.97 Å². The molecular formula is C25H26N4O3. The van der Waals surface area contributed by atoms with Crippen LogP contribution in [0.3, 0.4) is 0 Å². The number of rotatable bonds is 5. The first-order chi connectivity index (χ1) is 15.4. The van der Waals surface area contributed by atoms with Crippen molar-refractivity contribution in [2.75, 3.05) is 11.9 Å². The number of carbonyl (C=O) groups excluding carboxylic acids is 1. The van der Waals surface area contributed by atoms with E-state index in [4.69, 9.17) is 14.4 Å². The summed E-state index contributed by atoms with van der Waals surface area (Å²) in [5, 5.41) is 12.0. The Morgan fingerprint density at radius 1 is 1.22 bits per heavy atom. The molecular weight excluding hydrogens is 404 g/mol. The molecule has 3 aliphatic rings. The molecule has 3 fully saturated rings. The summed E-state index contributed by atoms with van der Waals surface area (Å²) < 4.78 is 12.0. The van der Waals surface area contributed by atoms with Crippen molar-refractivity contribution in [2.24, 2.45) is 5.41 Å². The van der Waals surface area contributed by atoms with Gasteiger partial charge in [0.2, 0.25) is 11.8 Å². The third kappa shape index (κ3) is 3.87. The number of ether oxygens (including phenoxy) is 1. The van der Waals surface area contributed by atoms with Crippen molar-refractivity contribution in [3.63, 3.8) is 0 Å². The second kappa shape index (κ2) is 7.72. The molecule has 1 N–H and O–H groups in total. The molecule has 6 rings (SSSR count). The van der Waals surface area contributed by atoms with Gasteiger partial charge in [-0.2, -0.15) is 5.26 Å². The lowest BCUT2D eigenvalue weighted by Crippen LogP contribution is -2.47. The normalized spacial score (nSPS) is 24.4. The van der Waals surface area contributed by atoms with E-state index in [0.717, 1.165) is 24.8 Å². The molecule has 1 aromatic carbocycles. The molecule has 7 nitrogen and oxygen atoms in total. The van der Waals surface area contributed by atoms with Crippen LogP contribution in [0.4, 0.5) is 5.69 Å². The number of hydrogen-bond acceptors (Lipinski definition) is 6. The quantitative estimate of drug-likeness (QED) is 0.602. The number of fused-ring (bicyclic) bond motifs is 4. The van der Waals surface area contributed by atoms with E-state index in [2.05, 4.69) is 28.3 Å². The van der Waals surface area contributed by atoms with Crippen LogP contribution in [0.1, 0.15) is 56.6 Å². The first kappa shape index (κ1) is 20.7. The molecule has 0 atom stereocenters. The summed E-state index contributed by atoms with van der Waals surface area (Å²) in [6.45, 7) is 4.31. The number of nitriles is 1. The fourth-order valence-corrected chi connectivity index (χ4v) is 4.94. The van der Waals surface area contributed by atoms with Crippen molar-refractivity contribution >= 4 is 22.7 Å². The minimum atomic E-state index is -0.172. The molecule has 3 aromatic rings. The minimum absolute atomic E-state index is 0.0596. The highest BCUT2D eigenvalue weighted by Crippen LogP contribution is 2.53. The van der Waals surface area contributed by atoms with Crippen LogP contribution >= 0.6 is 0 Å². The molecule has 3 aliphatic carbocycles. The predicted octanol–water partition coefficient (Wildman–Crippen LogP) is 5.14. The highest BCUT2D eigenvalue weighted by Gasteiger charge is 2.47. The van der Waals surface area contributed by atoms with E-state index in [1.165, 1.54) is 19.3 Å². The Morgan fingerprint density at radius 3 is 2.62 bits per heavy atom. The van der Waals surface area contributed by atoms with E-state index >= 15 is 0 Å². The Hall–Kier alpha value is -3.24. The molecule has 0 spiro atoms. The van der Waals surface area contributed by atoms with Crippen molar-refractivity contribution in [1.29, 1.82) is 5.26 Å². The molecule has 0 aliphatic heterocycles. The largest absolute Gasteiger partial charge is 0.434 e. The Balaban J connectivity index is 1.22. The van der Waals surface area contributed by atoms with Crippen LogP contribution in [-0.4, -0.2) is 28.1 Å². The first-order valence-electron chi connectivity index (χ1n) is 11.1. The van der Waals surface area contributed by atoms with Crippen molar-refractivity contribution in [2.45, 2.75) is 58.0 Å². The molecule has 3 saturated carbocycles. The van der Waals surface area contributed by atoms with Gasteiger partial charge in [0, 0.05) is 0 Å². The van der Waals surface area contributed by atoms with Crippen LogP contribution in [0.15, 0.2) is 34.9 Å². The number of amides is 1. The van der Waals surface area contributed by atoms with Gasteiger partial charge in [0.05, 0.1) is 29.1 Å². The third-order valence-electron chi connectivity index (χ3n) is 7.13. The number of pyridine rings is 1. The average Bonchev–Trinajstić information content (AvgIpc) is 3.24. The maximum absolute atomic E-state index is 12.4. The van der Waals surface area contributed by atoms with Crippen molar-refractivity contribution in [3.8, 4) is 17.7 Å². The van der Waals surface area contributed by atoms with E-state index in [1.807, 2.05) is 6.92 Å². The lowest BCUT2D eigenvalue weighted by Gasteiger charge is -2.51. The summed E-state index contributed by atoms with van der Waals surface area (Å²) in [5.74, 6) is 0.203. The lowest BCUT2D eigenvalue weighted by molar-refractivity contribution is -0.148. The molecule has 164 valence electrons. The zero-order valence-electron chi connectivity index (χ0n) is 18.4. The number of nitrogens with zero attached hydrogens (tertiary/aromatic N) is 3. The van der Waals surface area contributed by atoms with Gasteiger partial charge in [-0.1, -0.05) is 6.92 Å². The summed E-state index contributed by atoms with van der Waals surface area (Å²) in [4.78, 5) is 21.3. The molecule has 0 unspecified atom stereocenters. The van der Waals surface area contributed by atoms with E-state index in [9.17, 15) is 4.79 Å². The van der Waals surface area contributed by atoms with Gasteiger partial charge < -0.3 is 14.5 Å². The summed E-state index contributed by atoms with van der Waals surface area (Å²) >= 11 is 0. The smallest absolute Gasteiger partial charge is 0.250 e. The van der Waals surface area contributed by atoms with E-state index in [0.29, 0.717) is 39.4 Å². The highest BCUT2D eigenvalue weighted by molar-refractivity contribution is 5.91. The van der Waals surface area contributed by atoms with Gasteiger partial charge >= 0.3 is 0 Å². The van der Waals surface area contributed by atoms with Gasteiger partial charge in [0.25, 0.3) is 0 Å². The number of carbonyl (C=O) groups is 1. The van der Waals surface area contributed by atoms with Crippen LogP contribution in [0.5, 0.6) is 0 Å². The molecule has 1 amide bonds. The van der Waals surface area contributed by atoms with Crippen LogP contribution in [0.25, 0.3) is 22.7 Å². The molecule has 2 heterocycles. The third-order valence-corrected chi connectivity index (χ3v) is 7.13. The van der Waals surface area contributed by atoms with Crippen LogP contribution in [0.2, 0.25) is 0 Å². The van der Waals surface area contributed by atoms with Crippen LogP contribution < -0.4 is 5.32 Å². The molecule has 0 saturated heterocycles. The summed E-state index contributed by atoms with van der Waals surface area (Å²) in [5.41, 5.74) is 4.16. The van der Waals surface area contributed by atoms with Gasteiger partial charge in [0.1, 0.15) is 17.8 Å². The second-order valence-corrected chi connectivity index (χ2v) is 9.53. The number of aromatic nitrogens is 2. The summed E-state index contributed by atoms with van der Waals surface area (Å²) in [6, 6.07) is 9.12. The van der Waals surface area contributed by atoms with Gasteiger partial charge in [-0.15, -0.1) is 0 Å². The zero-order chi connectivity index (χ0) is 22.3. The van der Waals surface area contributed by atoms with Gasteiger partial charge in [-0.3, -0.25) is 4.79 Å². The number of hydrogen-bond donors (Lipinski definition) is 1. The van der Waals surface area contributed by atoms with Crippen LogP contribution in [0, 0.1) is 23.7 Å². The van der Waals surface area contributed by atoms with Crippen molar-refractivity contribution < 1.29 is 13.9 Å². The Kier molecular flexibility index (Phi) is 4.98. The van der Waals surface area contributed by atoms with Crippen molar-refractivity contribution in [1.82, 2.24) is 9.97 Å². The SMILES string of the molecule is Cc1cc(C#N)cc2nc(-c3ccc(NC(=O)COC45CCC(C)(CC4)CC5)cn3)oc12. The maximum Gasteiger partial charge on any atom is 0.250 e. The number of anilines is 1. The molecule has 2 bridgehead atoms. The topological polar surface area (TPSA) is 101 Å². The highest BCUT2D eigenvalue weighted by atomic mass is 16.5. The molecule has 0 radical (unpaired) electrons. The number of aryl methyl sites for hydroxylation is 1. The summed E-state index contributed by atoms with van der Waals surface area (Å²) in [7, 11) is 0. The average molecular weight is 431 g/mol. The zero-order valence-corrected chi connectivity index (χ0v) is 18.4. The monoisotopic (exact) mass is 430 g/mol. The fraction of sp³-hybridized carbons (Fsp3) is 0.440. The van der Waals surface area contributed by atoms with E-state index in [-0.39, 0.29) is 18.1 Å². The standard InChI is InChI=1S/C25H26N4O3/c1-16-11-17(13-26)12-20-22(16)32-23(29-20)19-4-3-18(14-27-19)28-21(30)15-31-25-8-5-24(2,6-9-25)7-10-25/h3-4,11-12,14H,5-10,15H2,1-2H3,(H,28,30). The van der Waals surface area contributed by atoms with E-state index in [1.54, 1.807) is 30.5 Å². The number of benzene rings is 1. The van der Waals surface area contributed by atoms with Crippen molar-refractivity contribution in [3.05, 3.63) is 41.6 Å². The number of oxazole rings is 1. The van der Waals surface area contributed by atoms with Gasteiger partial charge in [-0.05, 0) is 80.7 Å². The molecule has 32 heavy (non-hydrogen) atoms.